The number of anilines is 1. The van der Waals surface area contributed by atoms with Crippen molar-refractivity contribution in [2.24, 2.45) is 0 Å². The normalized spacial score (nSPS) is 14.3. The minimum atomic E-state index is -4.66. The van der Waals surface area contributed by atoms with Gasteiger partial charge in [0.2, 0.25) is 5.91 Å². The molecular formula is C24H22F3N3O4. The highest BCUT2D eigenvalue weighted by Crippen LogP contribution is 2.36. The zero-order valence-electron chi connectivity index (χ0n) is 18.1. The summed E-state index contributed by atoms with van der Waals surface area (Å²) in [7, 11) is 0. The Hall–Kier alpha value is -3.82. The van der Waals surface area contributed by atoms with Crippen molar-refractivity contribution in [3.05, 3.63) is 82.1 Å². The molecule has 7 nitrogen and oxygen atoms in total. The highest BCUT2D eigenvalue weighted by molar-refractivity contribution is 5.77. The molecule has 0 spiro atoms. The predicted molar refractivity (Wildman–Crippen MR) is 119 cm³/mol. The summed E-state index contributed by atoms with van der Waals surface area (Å²) in [5, 5.41) is 11.4. The second-order valence-electron chi connectivity index (χ2n) is 7.96. The number of nitro benzene ring substituents is 1. The molecule has 178 valence electrons. The second-order valence-corrected chi connectivity index (χ2v) is 7.96. The maximum absolute atomic E-state index is 12.9. The van der Waals surface area contributed by atoms with Gasteiger partial charge in [-0.1, -0.05) is 30.3 Å². The van der Waals surface area contributed by atoms with Gasteiger partial charge in [0, 0.05) is 50.7 Å². The monoisotopic (exact) mass is 473 g/mol. The molecule has 1 fully saturated rings. The number of alkyl halides is 3. The van der Waals surface area contributed by atoms with Crippen LogP contribution in [0.4, 0.5) is 24.5 Å². The fourth-order valence-corrected chi connectivity index (χ4v) is 3.97. The first-order chi connectivity index (χ1) is 16.2. The van der Waals surface area contributed by atoms with Crippen molar-refractivity contribution >= 4 is 17.3 Å². The van der Waals surface area contributed by atoms with E-state index in [4.69, 9.17) is 4.42 Å². The molecule has 10 heteroatoms. The summed E-state index contributed by atoms with van der Waals surface area (Å²) in [6.07, 6.45) is -3.97. The van der Waals surface area contributed by atoms with Gasteiger partial charge in [-0.15, -0.1) is 0 Å². The number of nitrogens with zero attached hydrogens (tertiary/aromatic N) is 3. The van der Waals surface area contributed by atoms with E-state index in [0.717, 1.165) is 23.5 Å². The average Bonchev–Trinajstić information content (AvgIpc) is 3.31. The van der Waals surface area contributed by atoms with Crippen LogP contribution in [0.5, 0.6) is 0 Å². The van der Waals surface area contributed by atoms with E-state index in [-0.39, 0.29) is 31.1 Å². The first-order valence-corrected chi connectivity index (χ1v) is 10.7. The number of nitro groups is 1. The summed E-state index contributed by atoms with van der Waals surface area (Å²) in [6.45, 7) is 1.22. The first kappa shape index (κ1) is 23.3. The van der Waals surface area contributed by atoms with Crippen molar-refractivity contribution < 1.29 is 27.3 Å². The molecule has 0 bridgehead atoms. The Morgan fingerprint density at radius 1 is 1.00 bits per heavy atom. The molecule has 2 aromatic carbocycles. The number of hydrogen-bond donors (Lipinski definition) is 0. The Morgan fingerprint density at radius 3 is 2.35 bits per heavy atom. The topological polar surface area (TPSA) is 79.8 Å². The van der Waals surface area contributed by atoms with Crippen molar-refractivity contribution in [2.45, 2.75) is 19.0 Å². The molecule has 0 unspecified atom stereocenters. The Bertz CT molecular complexity index is 1170. The maximum atomic E-state index is 12.9. The lowest BCUT2D eigenvalue weighted by molar-refractivity contribution is -0.384. The van der Waals surface area contributed by atoms with E-state index >= 15 is 0 Å². The number of aryl methyl sites for hydroxylation is 1. The van der Waals surface area contributed by atoms with Gasteiger partial charge in [0.05, 0.1) is 10.5 Å². The van der Waals surface area contributed by atoms with Crippen LogP contribution in [0.15, 0.2) is 65.1 Å². The molecule has 0 atom stereocenters. The highest BCUT2D eigenvalue weighted by atomic mass is 19.4. The van der Waals surface area contributed by atoms with Gasteiger partial charge in [0.1, 0.15) is 17.2 Å². The van der Waals surface area contributed by atoms with Crippen LogP contribution in [-0.2, 0) is 17.4 Å². The number of furan rings is 1. The van der Waals surface area contributed by atoms with Gasteiger partial charge in [0.15, 0.2) is 0 Å². The van der Waals surface area contributed by atoms with Crippen LogP contribution in [0.1, 0.15) is 17.7 Å². The Balaban J connectivity index is 1.34. The largest absolute Gasteiger partial charge is 0.461 e. The smallest absolute Gasteiger partial charge is 0.416 e. The molecule has 4 rings (SSSR count). The van der Waals surface area contributed by atoms with E-state index in [0.29, 0.717) is 31.3 Å². The molecule has 1 aliphatic rings. The molecule has 34 heavy (non-hydrogen) atoms. The third-order valence-corrected chi connectivity index (χ3v) is 5.78. The van der Waals surface area contributed by atoms with Crippen molar-refractivity contribution in [3.8, 4) is 11.3 Å². The number of hydrogen-bond acceptors (Lipinski definition) is 5. The molecule has 0 radical (unpaired) electrons. The molecule has 1 saturated heterocycles. The lowest BCUT2D eigenvalue weighted by Crippen LogP contribution is -2.49. The molecular weight excluding hydrogens is 451 g/mol. The summed E-state index contributed by atoms with van der Waals surface area (Å²) >= 11 is 0. The number of carbonyl (C=O) groups excluding carboxylic acids is 1. The number of amides is 1. The minimum Gasteiger partial charge on any atom is -0.461 e. The fraction of sp³-hybridized carbons (Fsp3) is 0.292. The van der Waals surface area contributed by atoms with Crippen LogP contribution in [0.25, 0.3) is 11.3 Å². The van der Waals surface area contributed by atoms with Crippen molar-refractivity contribution in [3.63, 3.8) is 0 Å². The minimum absolute atomic E-state index is 0.0702. The molecule has 0 saturated carbocycles. The lowest BCUT2D eigenvalue weighted by atomic mass is 10.1. The van der Waals surface area contributed by atoms with E-state index < -0.39 is 22.4 Å². The number of rotatable bonds is 6. The average molecular weight is 473 g/mol. The van der Waals surface area contributed by atoms with E-state index in [1.807, 2.05) is 42.5 Å². The third-order valence-electron chi connectivity index (χ3n) is 5.78. The van der Waals surface area contributed by atoms with Crippen LogP contribution in [-0.4, -0.2) is 41.9 Å². The molecule has 3 aromatic rings. The summed E-state index contributed by atoms with van der Waals surface area (Å²) in [5.41, 5.74) is -0.588. The number of piperazine rings is 1. The van der Waals surface area contributed by atoms with Gasteiger partial charge < -0.3 is 14.2 Å². The van der Waals surface area contributed by atoms with E-state index in [1.54, 1.807) is 9.80 Å². The quantitative estimate of drug-likeness (QED) is 0.365. The van der Waals surface area contributed by atoms with Gasteiger partial charge in [-0.2, -0.15) is 13.2 Å². The van der Waals surface area contributed by atoms with Crippen LogP contribution in [0, 0.1) is 10.1 Å². The number of halogens is 3. The van der Waals surface area contributed by atoms with Gasteiger partial charge in [-0.05, 0) is 24.3 Å². The van der Waals surface area contributed by atoms with Gasteiger partial charge >= 0.3 is 6.18 Å². The number of benzene rings is 2. The maximum Gasteiger partial charge on any atom is 0.416 e. The second kappa shape index (κ2) is 9.58. The van der Waals surface area contributed by atoms with Crippen LogP contribution < -0.4 is 4.90 Å². The third kappa shape index (κ3) is 5.22. The number of carbonyl (C=O) groups is 1. The van der Waals surface area contributed by atoms with Gasteiger partial charge in [-0.3, -0.25) is 14.9 Å². The SMILES string of the molecule is O=C(CCc1ccc(-c2ccccc2)o1)N1CCN(c2ccc(C(F)(F)F)cc2[N+](=O)[O-])CC1. The zero-order valence-corrected chi connectivity index (χ0v) is 18.1. The van der Waals surface area contributed by atoms with E-state index in [1.165, 1.54) is 0 Å². The molecule has 1 aliphatic heterocycles. The van der Waals surface area contributed by atoms with Crippen LogP contribution >= 0.6 is 0 Å². The molecule has 1 aromatic heterocycles. The Morgan fingerprint density at radius 2 is 1.71 bits per heavy atom. The summed E-state index contributed by atoms with van der Waals surface area (Å²) in [6, 6.07) is 15.9. The van der Waals surface area contributed by atoms with Crippen molar-refractivity contribution in [2.75, 3.05) is 31.1 Å². The van der Waals surface area contributed by atoms with E-state index in [9.17, 15) is 28.1 Å². The van der Waals surface area contributed by atoms with Gasteiger partial charge in [-0.25, -0.2) is 0 Å². The summed E-state index contributed by atoms with van der Waals surface area (Å²) in [4.78, 5) is 26.5. The summed E-state index contributed by atoms with van der Waals surface area (Å²) < 4.78 is 44.7. The van der Waals surface area contributed by atoms with Crippen molar-refractivity contribution in [1.29, 1.82) is 0 Å². The Kier molecular flexibility index (Phi) is 6.58. The Labute approximate surface area is 193 Å². The molecule has 2 heterocycles. The predicted octanol–water partition coefficient (Wildman–Crippen LogP) is 5.16. The van der Waals surface area contributed by atoms with Crippen molar-refractivity contribution in [1.82, 2.24) is 4.90 Å². The molecule has 0 aliphatic carbocycles. The lowest BCUT2D eigenvalue weighted by Gasteiger charge is -2.36. The standard InChI is InChI=1S/C24H22F3N3O4/c25-24(26,27)18-6-9-20(21(16-18)30(32)33)28-12-14-29(15-13-28)23(31)11-8-19-7-10-22(34-19)17-4-2-1-3-5-17/h1-7,9-10,16H,8,11-15H2. The van der Waals surface area contributed by atoms with Gasteiger partial charge in [0.25, 0.3) is 5.69 Å². The fourth-order valence-electron chi connectivity index (χ4n) is 3.97. The molecule has 1 amide bonds. The summed E-state index contributed by atoms with van der Waals surface area (Å²) in [5.74, 6) is 1.36. The molecule has 0 N–H and O–H groups in total. The first-order valence-electron chi connectivity index (χ1n) is 10.7. The van der Waals surface area contributed by atoms with Crippen LogP contribution in [0.3, 0.4) is 0 Å². The highest BCUT2D eigenvalue weighted by Gasteiger charge is 2.34. The zero-order chi connectivity index (χ0) is 24.3. The van der Waals surface area contributed by atoms with Crippen LogP contribution in [0.2, 0.25) is 0 Å². The van der Waals surface area contributed by atoms with E-state index in [2.05, 4.69) is 0 Å².